The van der Waals surface area contributed by atoms with E-state index in [1.54, 1.807) is 0 Å². The first-order chi connectivity index (χ1) is 8.24. The zero-order chi connectivity index (χ0) is 14.2. The summed E-state index contributed by atoms with van der Waals surface area (Å²) >= 11 is 0. The van der Waals surface area contributed by atoms with Crippen molar-refractivity contribution in [3.05, 3.63) is 0 Å². The number of ketones is 1. The molecule has 0 aliphatic carbocycles. The van der Waals surface area contributed by atoms with E-state index < -0.39 is 7.25 Å². The maximum Gasteiger partial charge on any atom is 0.673 e. The highest BCUT2D eigenvalue weighted by Gasteiger charge is 2.20. The first-order valence-electron chi connectivity index (χ1n) is 5.78. The number of nitrogens with zero attached hydrogens (tertiary/aromatic N) is 1. The monoisotopic (exact) mass is 271 g/mol. The molecule has 1 saturated heterocycles. The minimum atomic E-state index is -6.00. The fraction of sp³-hybridized carbons (Fsp3) is 0.800. The van der Waals surface area contributed by atoms with E-state index >= 15 is 0 Å². The Morgan fingerprint density at radius 1 is 1.22 bits per heavy atom. The van der Waals surface area contributed by atoms with Crippen molar-refractivity contribution >= 4 is 18.7 Å². The normalized spacial score (nSPS) is 15.8. The van der Waals surface area contributed by atoms with E-state index in [0.29, 0.717) is 18.6 Å². The first kappa shape index (κ1) is 17.1. The van der Waals surface area contributed by atoms with Crippen LogP contribution in [0.5, 0.6) is 0 Å². The number of halogens is 4. The molecule has 1 aliphatic rings. The van der Waals surface area contributed by atoms with Crippen molar-refractivity contribution in [3.8, 4) is 0 Å². The molecule has 0 aromatic rings. The van der Waals surface area contributed by atoms with Gasteiger partial charge in [0, 0.05) is 13.3 Å². The van der Waals surface area contributed by atoms with Crippen LogP contribution in [-0.4, -0.2) is 49.6 Å². The third-order valence-corrected chi connectivity index (χ3v) is 2.40. The Labute approximate surface area is 104 Å². The van der Waals surface area contributed by atoms with Gasteiger partial charge in [0.2, 0.25) is 0 Å². The van der Waals surface area contributed by atoms with E-state index in [0.717, 1.165) is 26.3 Å². The van der Waals surface area contributed by atoms with Crippen molar-refractivity contribution in [1.82, 2.24) is 0 Å². The van der Waals surface area contributed by atoms with Crippen LogP contribution in [0.15, 0.2) is 0 Å². The largest absolute Gasteiger partial charge is 0.673 e. The van der Waals surface area contributed by atoms with Gasteiger partial charge in [-0.25, -0.2) is 4.58 Å². The second-order valence-corrected chi connectivity index (χ2v) is 3.90. The molecule has 0 saturated carbocycles. The van der Waals surface area contributed by atoms with Crippen molar-refractivity contribution in [2.75, 3.05) is 26.3 Å². The molecule has 0 radical (unpaired) electrons. The van der Waals surface area contributed by atoms with Gasteiger partial charge in [-0.3, -0.25) is 4.79 Å². The summed E-state index contributed by atoms with van der Waals surface area (Å²) in [5, 5.41) is 0. The summed E-state index contributed by atoms with van der Waals surface area (Å²) in [7, 11) is -6.00. The SMILES string of the molecule is CCC(=O)CC(C)=[N+]1CCOCC1.F[B-](F)(F)F. The summed E-state index contributed by atoms with van der Waals surface area (Å²) in [5.74, 6) is 0.323. The molecule has 0 aromatic heterocycles. The van der Waals surface area contributed by atoms with Crippen LogP contribution in [0.3, 0.4) is 0 Å². The van der Waals surface area contributed by atoms with Crippen molar-refractivity contribution in [3.63, 3.8) is 0 Å². The van der Waals surface area contributed by atoms with E-state index in [1.807, 2.05) is 13.8 Å². The van der Waals surface area contributed by atoms with Crippen LogP contribution in [0.1, 0.15) is 26.7 Å². The lowest BCUT2D eigenvalue weighted by atomic mass is 10.1. The van der Waals surface area contributed by atoms with Crippen molar-refractivity contribution < 1.29 is 31.4 Å². The van der Waals surface area contributed by atoms with Gasteiger partial charge in [-0.15, -0.1) is 0 Å². The van der Waals surface area contributed by atoms with Crippen LogP contribution in [0, 0.1) is 0 Å². The molecule has 0 atom stereocenters. The van der Waals surface area contributed by atoms with Gasteiger partial charge < -0.3 is 22.0 Å². The average Bonchev–Trinajstić information content (AvgIpc) is 2.27. The summed E-state index contributed by atoms with van der Waals surface area (Å²) in [5.41, 5.74) is 1.19. The van der Waals surface area contributed by atoms with E-state index in [-0.39, 0.29) is 0 Å². The highest BCUT2D eigenvalue weighted by molar-refractivity contribution is 6.50. The van der Waals surface area contributed by atoms with E-state index in [1.165, 1.54) is 5.71 Å². The van der Waals surface area contributed by atoms with Gasteiger partial charge in [-0.05, 0) is 0 Å². The molecule has 0 N–H and O–H groups in total. The molecule has 1 rings (SSSR count). The maximum atomic E-state index is 11.2. The predicted octanol–water partition coefficient (Wildman–Crippen LogP) is 2.16. The van der Waals surface area contributed by atoms with Gasteiger partial charge >= 0.3 is 7.25 Å². The lowest BCUT2D eigenvalue weighted by molar-refractivity contribution is -0.550. The molecule has 18 heavy (non-hydrogen) atoms. The second kappa shape index (κ2) is 8.23. The highest BCUT2D eigenvalue weighted by Crippen LogP contribution is 2.06. The summed E-state index contributed by atoms with van der Waals surface area (Å²) < 4.78 is 46.5. The van der Waals surface area contributed by atoms with Gasteiger partial charge in [-0.1, -0.05) is 6.92 Å². The van der Waals surface area contributed by atoms with Crippen LogP contribution in [0.25, 0.3) is 0 Å². The minimum absolute atomic E-state index is 0.323. The fourth-order valence-corrected chi connectivity index (χ4v) is 1.47. The van der Waals surface area contributed by atoms with Crippen LogP contribution in [0.4, 0.5) is 17.3 Å². The van der Waals surface area contributed by atoms with Crippen LogP contribution >= 0.6 is 0 Å². The quantitative estimate of drug-likeness (QED) is 0.447. The van der Waals surface area contributed by atoms with Gasteiger partial charge in [0.25, 0.3) is 0 Å². The van der Waals surface area contributed by atoms with E-state index in [2.05, 4.69) is 4.58 Å². The number of Topliss-reactive ketones (excluding diaryl/α,β-unsaturated/α-hetero) is 1. The van der Waals surface area contributed by atoms with Crippen LogP contribution < -0.4 is 0 Å². The third kappa shape index (κ3) is 10.3. The van der Waals surface area contributed by atoms with Crippen molar-refractivity contribution in [1.29, 1.82) is 0 Å². The van der Waals surface area contributed by atoms with Gasteiger partial charge in [0.05, 0.1) is 6.42 Å². The Morgan fingerprint density at radius 2 is 1.67 bits per heavy atom. The number of carbonyl (C=O) groups excluding carboxylic acids is 1. The van der Waals surface area contributed by atoms with Crippen LogP contribution in [-0.2, 0) is 9.53 Å². The van der Waals surface area contributed by atoms with Gasteiger partial charge in [0.1, 0.15) is 19.0 Å². The van der Waals surface area contributed by atoms with Crippen molar-refractivity contribution in [2.24, 2.45) is 0 Å². The smallest absolute Gasteiger partial charge is 0.418 e. The minimum Gasteiger partial charge on any atom is -0.418 e. The van der Waals surface area contributed by atoms with E-state index in [4.69, 9.17) is 4.74 Å². The molecule has 0 amide bonds. The average molecular weight is 271 g/mol. The number of carbonyl (C=O) groups is 1. The highest BCUT2D eigenvalue weighted by atomic mass is 19.5. The Kier molecular flexibility index (Phi) is 7.81. The molecular weight excluding hydrogens is 253 g/mol. The molecule has 1 heterocycles. The first-order valence-corrected chi connectivity index (χ1v) is 5.78. The molecule has 106 valence electrons. The molecule has 0 aromatic carbocycles. The summed E-state index contributed by atoms with van der Waals surface area (Å²) in [6.45, 7) is 7.40. The molecule has 0 bridgehead atoms. The number of morpholine rings is 1. The molecular formula is C10H18BF4NO2. The van der Waals surface area contributed by atoms with Crippen LogP contribution in [0.2, 0.25) is 0 Å². The van der Waals surface area contributed by atoms with Crippen molar-refractivity contribution in [2.45, 2.75) is 26.7 Å². The lowest BCUT2D eigenvalue weighted by Gasteiger charge is -2.12. The summed E-state index contributed by atoms with van der Waals surface area (Å²) in [6, 6.07) is 0. The molecule has 1 aliphatic heterocycles. The molecule has 3 nitrogen and oxygen atoms in total. The Hall–Kier alpha value is -0.915. The zero-order valence-corrected chi connectivity index (χ0v) is 10.6. The summed E-state index contributed by atoms with van der Waals surface area (Å²) in [4.78, 5) is 11.2. The predicted molar refractivity (Wildman–Crippen MR) is 61.6 cm³/mol. The second-order valence-electron chi connectivity index (χ2n) is 3.90. The standard InChI is InChI=1S/C10H18NO2.BF4/c1-3-10(12)8-9(2)11-4-6-13-7-5-11;2-1(3,4)5/h3-8H2,1-2H3;/q+1;-1. The summed E-state index contributed by atoms with van der Waals surface area (Å²) in [6.07, 6.45) is 1.25. The van der Waals surface area contributed by atoms with Gasteiger partial charge in [-0.2, -0.15) is 0 Å². The van der Waals surface area contributed by atoms with Gasteiger partial charge in [0.15, 0.2) is 18.8 Å². The maximum absolute atomic E-state index is 11.2. The zero-order valence-electron chi connectivity index (χ0n) is 10.6. The lowest BCUT2D eigenvalue weighted by Crippen LogP contribution is -2.33. The Bertz CT molecular complexity index is 291. The number of hydrogen-bond acceptors (Lipinski definition) is 2. The molecule has 0 unspecified atom stereocenters. The number of ether oxygens (including phenoxy) is 1. The fourth-order valence-electron chi connectivity index (χ4n) is 1.47. The Balaban J connectivity index is 0.000000494. The number of hydrogen-bond donors (Lipinski definition) is 0. The van der Waals surface area contributed by atoms with E-state index in [9.17, 15) is 22.1 Å². The third-order valence-electron chi connectivity index (χ3n) is 2.40. The molecule has 0 spiro atoms. The number of rotatable bonds is 3. The Morgan fingerprint density at radius 3 is 2.06 bits per heavy atom. The topological polar surface area (TPSA) is 29.3 Å². The molecule has 1 fully saturated rings. The molecule has 8 heteroatoms.